The first-order chi connectivity index (χ1) is 12.1. The van der Waals surface area contributed by atoms with Gasteiger partial charge in [-0.2, -0.15) is 0 Å². The van der Waals surface area contributed by atoms with Crippen LogP contribution in [0, 0.1) is 12.8 Å². The third kappa shape index (κ3) is 5.13. The second-order valence-electron chi connectivity index (χ2n) is 7.01. The topological polar surface area (TPSA) is 36.4 Å². The van der Waals surface area contributed by atoms with Gasteiger partial charge in [0, 0.05) is 18.6 Å². The third-order valence-electron chi connectivity index (χ3n) is 5.11. The van der Waals surface area contributed by atoms with E-state index in [9.17, 15) is 4.79 Å². The summed E-state index contributed by atoms with van der Waals surface area (Å²) in [5.41, 5.74) is 2.76. The molecule has 1 saturated heterocycles. The molecule has 134 valence electrons. The summed E-state index contributed by atoms with van der Waals surface area (Å²) < 4.78 is 0. The van der Waals surface area contributed by atoms with Crippen LogP contribution >= 0.6 is 11.3 Å². The van der Waals surface area contributed by atoms with Crippen LogP contribution in [0.4, 0.5) is 5.13 Å². The number of carbonyl (C=O) groups is 1. The van der Waals surface area contributed by atoms with Crippen molar-refractivity contribution in [2.45, 2.75) is 32.6 Å². The normalized spacial score (nSPS) is 16.1. The van der Waals surface area contributed by atoms with Gasteiger partial charge in [0.2, 0.25) is 5.91 Å². The van der Waals surface area contributed by atoms with Crippen LogP contribution < -0.4 is 4.90 Å². The molecule has 0 unspecified atom stereocenters. The number of aromatic nitrogens is 1. The molecular weight excluding hydrogens is 330 g/mol. The highest BCUT2D eigenvalue weighted by molar-refractivity contribution is 7.13. The Morgan fingerprint density at radius 1 is 1.28 bits per heavy atom. The molecule has 25 heavy (non-hydrogen) atoms. The Kier molecular flexibility index (Phi) is 6.21. The molecular formula is C20H27N3OS. The van der Waals surface area contributed by atoms with E-state index in [4.69, 9.17) is 0 Å². The molecule has 1 aromatic carbocycles. The van der Waals surface area contributed by atoms with Crippen molar-refractivity contribution in [2.24, 2.45) is 5.92 Å². The zero-order chi connectivity index (χ0) is 17.6. The summed E-state index contributed by atoms with van der Waals surface area (Å²) in [5.74, 6) is 0.914. The van der Waals surface area contributed by atoms with E-state index >= 15 is 0 Å². The maximum absolute atomic E-state index is 12.4. The zero-order valence-electron chi connectivity index (χ0n) is 15.1. The van der Waals surface area contributed by atoms with Gasteiger partial charge >= 0.3 is 0 Å². The van der Waals surface area contributed by atoms with Gasteiger partial charge in [-0.25, -0.2) is 4.98 Å². The SMILES string of the molecule is Cc1ccc(CCC2CCN(CC(=O)N(C)c3nccs3)CC2)cc1. The van der Waals surface area contributed by atoms with E-state index in [2.05, 4.69) is 41.1 Å². The smallest absolute Gasteiger partial charge is 0.242 e. The Labute approximate surface area is 154 Å². The van der Waals surface area contributed by atoms with Crippen molar-refractivity contribution >= 4 is 22.4 Å². The molecule has 5 heteroatoms. The minimum absolute atomic E-state index is 0.132. The van der Waals surface area contributed by atoms with Gasteiger partial charge in [0.15, 0.2) is 5.13 Å². The van der Waals surface area contributed by atoms with Crippen molar-refractivity contribution < 1.29 is 4.79 Å². The van der Waals surface area contributed by atoms with Gasteiger partial charge in [-0.15, -0.1) is 11.3 Å². The second-order valence-corrected chi connectivity index (χ2v) is 7.88. The second kappa shape index (κ2) is 8.59. The van der Waals surface area contributed by atoms with Gasteiger partial charge in [0.25, 0.3) is 0 Å². The maximum atomic E-state index is 12.4. The standard InChI is InChI=1S/C20H27N3OS/c1-16-3-5-17(6-4-16)7-8-18-9-12-23(13-10-18)15-19(24)22(2)20-21-11-14-25-20/h3-6,11,14,18H,7-10,12-13,15H2,1-2H3. The Hall–Kier alpha value is -1.72. The van der Waals surface area contributed by atoms with E-state index in [-0.39, 0.29) is 5.91 Å². The Bertz CT molecular complexity index is 661. The van der Waals surface area contributed by atoms with Crippen LogP contribution in [0.3, 0.4) is 0 Å². The van der Waals surface area contributed by atoms with Crippen LogP contribution in [0.5, 0.6) is 0 Å². The number of aryl methyl sites for hydroxylation is 2. The fourth-order valence-corrected chi connectivity index (χ4v) is 3.97. The number of piperidine rings is 1. The molecule has 0 spiro atoms. The number of likely N-dealkylation sites (tertiary alicyclic amines) is 1. The average molecular weight is 358 g/mol. The molecule has 1 fully saturated rings. The largest absolute Gasteiger partial charge is 0.294 e. The van der Waals surface area contributed by atoms with Gasteiger partial charge in [-0.1, -0.05) is 29.8 Å². The molecule has 0 bridgehead atoms. The fourth-order valence-electron chi connectivity index (χ4n) is 3.34. The van der Waals surface area contributed by atoms with Crippen LogP contribution in [0.25, 0.3) is 0 Å². The molecule has 1 amide bonds. The lowest BCUT2D eigenvalue weighted by atomic mass is 9.90. The van der Waals surface area contributed by atoms with E-state index in [1.54, 1.807) is 11.1 Å². The summed E-state index contributed by atoms with van der Waals surface area (Å²) in [7, 11) is 1.81. The van der Waals surface area contributed by atoms with Crippen LogP contribution in [-0.4, -0.2) is 42.5 Å². The molecule has 1 aromatic heterocycles. The number of anilines is 1. The van der Waals surface area contributed by atoms with Gasteiger partial charge in [0.1, 0.15) is 0 Å². The number of hydrogen-bond acceptors (Lipinski definition) is 4. The summed E-state index contributed by atoms with van der Waals surface area (Å²) >= 11 is 1.50. The molecule has 0 N–H and O–H groups in total. The first-order valence-electron chi connectivity index (χ1n) is 9.06. The number of likely N-dealkylation sites (N-methyl/N-ethyl adjacent to an activating group) is 1. The molecule has 3 rings (SSSR count). The molecule has 1 aliphatic heterocycles. The van der Waals surface area contributed by atoms with Crippen molar-refractivity contribution in [1.82, 2.24) is 9.88 Å². The van der Waals surface area contributed by atoms with Gasteiger partial charge in [0.05, 0.1) is 6.54 Å². The molecule has 2 aromatic rings. The first-order valence-corrected chi connectivity index (χ1v) is 9.94. The lowest BCUT2D eigenvalue weighted by molar-refractivity contribution is -0.119. The van der Waals surface area contributed by atoms with Crippen molar-refractivity contribution in [3.8, 4) is 0 Å². The number of thiazole rings is 1. The molecule has 1 aliphatic rings. The fraction of sp³-hybridized carbons (Fsp3) is 0.500. The maximum Gasteiger partial charge on any atom is 0.242 e. The van der Waals surface area contributed by atoms with Crippen LogP contribution in [-0.2, 0) is 11.2 Å². The van der Waals surface area contributed by atoms with E-state index < -0.39 is 0 Å². The summed E-state index contributed by atoms with van der Waals surface area (Å²) in [6.07, 6.45) is 6.55. The molecule has 0 atom stereocenters. The number of rotatable bonds is 6. The lowest BCUT2D eigenvalue weighted by Crippen LogP contribution is -2.42. The molecule has 4 nitrogen and oxygen atoms in total. The Morgan fingerprint density at radius 3 is 2.64 bits per heavy atom. The van der Waals surface area contributed by atoms with Gasteiger partial charge < -0.3 is 0 Å². The summed E-state index contributed by atoms with van der Waals surface area (Å²) in [6, 6.07) is 8.89. The quantitative estimate of drug-likeness (QED) is 0.790. The van der Waals surface area contributed by atoms with Crippen molar-refractivity contribution in [3.63, 3.8) is 0 Å². The highest BCUT2D eigenvalue weighted by atomic mass is 32.1. The van der Waals surface area contributed by atoms with Crippen LogP contribution in [0.1, 0.15) is 30.4 Å². The monoisotopic (exact) mass is 357 g/mol. The number of nitrogens with zero attached hydrogens (tertiary/aromatic N) is 3. The number of carbonyl (C=O) groups excluding carboxylic acids is 1. The molecule has 0 radical (unpaired) electrons. The zero-order valence-corrected chi connectivity index (χ0v) is 16.0. The summed E-state index contributed by atoms with van der Waals surface area (Å²) in [5, 5.41) is 2.68. The van der Waals surface area contributed by atoms with Gasteiger partial charge in [-0.05, 0) is 57.2 Å². The summed E-state index contributed by atoms with van der Waals surface area (Å²) in [4.78, 5) is 20.5. The average Bonchev–Trinajstić information content (AvgIpc) is 3.16. The molecule has 0 saturated carbocycles. The lowest BCUT2D eigenvalue weighted by Gasteiger charge is -2.32. The predicted molar refractivity (Wildman–Crippen MR) is 104 cm³/mol. The Balaban J connectivity index is 1.39. The minimum atomic E-state index is 0.132. The van der Waals surface area contributed by atoms with E-state index in [1.165, 1.54) is 41.7 Å². The number of amides is 1. The minimum Gasteiger partial charge on any atom is -0.294 e. The van der Waals surface area contributed by atoms with Crippen LogP contribution in [0.15, 0.2) is 35.8 Å². The predicted octanol–water partition coefficient (Wildman–Crippen LogP) is 3.76. The third-order valence-corrected chi connectivity index (χ3v) is 5.96. The highest BCUT2D eigenvalue weighted by Gasteiger charge is 2.22. The Morgan fingerprint density at radius 2 is 2.00 bits per heavy atom. The summed E-state index contributed by atoms with van der Waals surface area (Å²) in [6.45, 7) is 4.68. The number of hydrogen-bond donors (Lipinski definition) is 0. The van der Waals surface area contributed by atoms with E-state index in [1.807, 2.05) is 12.4 Å². The van der Waals surface area contributed by atoms with Gasteiger partial charge in [-0.3, -0.25) is 14.6 Å². The number of benzene rings is 1. The van der Waals surface area contributed by atoms with Crippen molar-refractivity contribution in [2.75, 3.05) is 31.6 Å². The highest BCUT2D eigenvalue weighted by Crippen LogP contribution is 2.23. The van der Waals surface area contributed by atoms with Crippen molar-refractivity contribution in [3.05, 3.63) is 47.0 Å². The van der Waals surface area contributed by atoms with E-state index in [0.717, 1.165) is 30.6 Å². The van der Waals surface area contributed by atoms with E-state index in [0.29, 0.717) is 6.54 Å². The van der Waals surface area contributed by atoms with Crippen LogP contribution in [0.2, 0.25) is 0 Å². The first kappa shape index (κ1) is 18.1. The molecule has 0 aliphatic carbocycles. The molecule has 2 heterocycles. The van der Waals surface area contributed by atoms with Crippen molar-refractivity contribution in [1.29, 1.82) is 0 Å².